The maximum Gasteiger partial charge on any atom is 0.123 e. The average molecular weight is 418 g/mol. The van der Waals surface area contributed by atoms with Gasteiger partial charge >= 0.3 is 0 Å². The first kappa shape index (κ1) is 18.3. The average Bonchev–Trinajstić information content (AvgIpc) is 3.01. The summed E-state index contributed by atoms with van der Waals surface area (Å²) in [5.74, 6) is 1.63. The Kier molecular flexibility index (Phi) is 3.79. The lowest BCUT2D eigenvalue weighted by molar-refractivity contribution is 0.308. The summed E-state index contributed by atoms with van der Waals surface area (Å²) in [4.78, 5) is 0. The number of aromatic nitrogens is 1. The standard InChI is InChI=1S/C30H27NO/c1-31-27-13-7-6-12-22(27)23-15-24-25(16-28(23)31)30-21-11-5-3-9-19(21)14-18-8-2-4-10-20(18)26(30)17-29(24)32/h3,5-7,9,11-13,15-18,20,32H,2,4,8,10,14H2,1H3. The number of nitrogens with zero attached hydrogens (tertiary/aromatic N) is 1. The molecule has 2 heteroatoms. The molecule has 0 spiro atoms. The molecule has 0 saturated heterocycles. The number of aromatic hydroxyl groups is 1. The fourth-order valence-electron chi connectivity index (χ4n) is 6.76. The van der Waals surface area contributed by atoms with E-state index in [-0.39, 0.29) is 0 Å². The lowest BCUT2D eigenvalue weighted by Gasteiger charge is -2.31. The van der Waals surface area contributed by atoms with E-state index in [0.29, 0.717) is 17.6 Å². The van der Waals surface area contributed by atoms with Crippen LogP contribution in [0.1, 0.15) is 42.7 Å². The van der Waals surface area contributed by atoms with Gasteiger partial charge in [-0.3, -0.25) is 0 Å². The second kappa shape index (κ2) is 6.62. The van der Waals surface area contributed by atoms with Crippen molar-refractivity contribution >= 4 is 32.6 Å². The van der Waals surface area contributed by atoms with E-state index >= 15 is 0 Å². The zero-order valence-corrected chi connectivity index (χ0v) is 18.4. The Bertz CT molecular complexity index is 1540. The minimum Gasteiger partial charge on any atom is -0.507 e. The van der Waals surface area contributed by atoms with Crippen LogP contribution >= 0.6 is 0 Å². The molecule has 4 aromatic carbocycles. The fourth-order valence-corrected chi connectivity index (χ4v) is 6.76. The summed E-state index contributed by atoms with van der Waals surface area (Å²) in [6.07, 6.45) is 6.28. The van der Waals surface area contributed by atoms with Gasteiger partial charge in [-0.15, -0.1) is 0 Å². The summed E-state index contributed by atoms with van der Waals surface area (Å²) >= 11 is 0. The van der Waals surface area contributed by atoms with Crippen LogP contribution < -0.4 is 0 Å². The molecule has 1 saturated carbocycles. The highest BCUT2D eigenvalue weighted by molar-refractivity contribution is 6.16. The van der Waals surface area contributed by atoms with Gasteiger partial charge in [-0.05, 0) is 83.0 Å². The van der Waals surface area contributed by atoms with Crippen molar-refractivity contribution in [3.8, 4) is 16.9 Å². The van der Waals surface area contributed by atoms with Crippen LogP contribution in [0.3, 0.4) is 0 Å². The molecule has 2 atom stereocenters. The third-order valence-corrected chi connectivity index (χ3v) is 8.26. The molecule has 2 aliphatic rings. The van der Waals surface area contributed by atoms with Crippen molar-refractivity contribution in [1.82, 2.24) is 4.57 Å². The summed E-state index contributed by atoms with van der Waals surface area (Å²) < 4.78 is 2.30. The number of fused-ring (bicyclic) bond motifs is 10. The third kappa shape index (κ3) is 2.41. The van der Waals surface area contributed by atoms with Crippen LogP contribution in [-0.2, 0) is 13.5 Å². The van der Waals surface area contributed by atoms with Crippen LogP contribution in [-0.4, -0.2) is 9.67 Å². The zero-order valence-electron chi connectivity index (χ0n) is 18.4. The van der Waals surface area contributed by atoms with E-state index in [1.807, 2.05) is 0 Å². The number of aryl methyl sites for hydroxylation is 1. The largest absolute Gasteiger partial charge is 0.507 e. The molecule has 32 heavy (non-hydrogen) atoms. The molecule has 0 bridgehead atoms. The van der Waals surface area contributed by atoms with E-state index < -0.39 is 0 Å². The number of hydrogen-bond donors (Lipinski definition) is 1. The quantitative estimate of drug-likeness (QED) is 0.274. The maximum atomic E-state index is 11.3. The van der Waals surface area contributed by atoms with Gasteiger partial charge in [-0.1, -0.05) is 55.3 Å². The molecule has 1 N–H and O–H groups in total. The first-order chi connectivity index (χ1) is 15.7. The van der Waals surface area contributed by atoms with E-state index in [0.717, 1.165) is 11.8 Å². The fraction of sp³-hybridized carbons (Fsp3) is 0.267. The second-order valence-electron chi connectivity index (χ2n) is 9.86. The van der Waals surface area contributed by atoms with Crippen LogP contribution in [0.15, 0.2) is 66.7 Å². The summed E-state index contributed by atoms with van der Waals surface area (Å²) in [7, 11) is 2.16. The van der Waals surface area contributed by atoms with Crippen LogP contribution in [0, 0.1) is 5.92 Å². The summed E-state index contributed by atoms with van der Waals surface area (Å²) in [5, 5.41) is 15.9. The van der Waals surface area contributed by atoms with E-state index in [4.69, 9.17) is 0 Å². The van der Waals surface area contributed by atoms with Crippen molar-refractivity contribution < 1.29 is 5.11 Å². The topological polar surface area (TPSA) is 25.2 Å². The van der Waals surface area contributed by atoms with Crippen LogP contribution in [0.25, 0.3) is 43.7 Å². The normalized spacial score (nSPS) is 20.2. The molecule has 158 valence electrons. The lowest BCUT2D eigenvalue weighted by Crippen LogP contribution is -2.19. The SMILES string of the molecule is Cn1c2ccccc2c2cc3c(O)cc4c(c3cc21)-c1ccccc1CC1CCCCC41. The molecular weight excluding hydrogens is 390 g/mol. The van der Waals surface area contributed by atoms with Crippen molar-refractivity contribution in [2.45, 2.75) is 38.0 Å². The highest BCUT2D eigenvalue weighted by atomic mass is 16.3. The number of phenolic OH excluding ortho intramolecular Hbond substituents is 1. The van der Waals surface area contributed by atoms with Gasteiger partial charge in [0.15, 0.2) is 0 Å². The number of benzene rings is 4. The Morgan fingerprint density at radius 2 is 1.59 bits per heavy atom. The van der Waals surface area contributed by atoms with E-state index in [9.17, 15) is 5.11 Å². The Morgan fingerprint density at radius 3 is 2.53 bits per heavy atom. The summed E-state index contributed by atoms with van der Waals surface area (Å²) in [6, 6.07) is 24.2. The molecule has 2 unspecified atom stereocenters. The minimum atomic E-state index is 0.428. The molecule has 0 aliphatic heterocycles. The molecule has 1 fully saturated rings. The molecule has 1 aromatic heterocycles. The smallest absolute Gasteiger partial charge is 0.123 e. The van der Waals surface area contributed by atoms with Gasteiger partial charge in [0.25, 0.3) is 0 Å². The molecular formula is C30H27NO. The van der Waals surface area contributed by atoms with Gasteiger partial charge in [-0.2, -0.15) is 0 Å². The predicted octanol–water partition coefficient (Wildman–Crippen LogP) is 7.69. The third-order valence-electron chi connectivity index (χ3n) is 8.26. The number of rotatable bonds is 0. The van der Waals surface area contributed by atoms with E-state index in [1.165, 1.54) is 75.1 Å². The highest BCUT2D eigenvalue weighted by Crippen LogP contribution is 2.51. The van der Waals surface area contributed by atoms with E-state index in [2.05, 4.69) is 78.3 Å². The van der Waals surface area contributed by atoms with Crippen LogP contribution in [0.2, 0.25) is 0 Å². The zero-order chi connectivity index (χ0) is 21.4. The summed E-state index contributed by atoms with van der Waals surface area (Å²) in [5.41, 5.74) is 8.01. The van der Waals surface area contributed by atoms with Gasteiger partial charge in [0.05, 0.1) is 0 Å². The molecule has 5 aromatic rings. The Hall–Kier alpha value is -3.26. The van der Waals surface area contributed by atoms with Crippen molar-refractivity contribution in [1.29, 1.82) is 0 Å². The van der Waals surface area contributed by atoms with Crippen molar-refractivity contribution in [2.24, 2.45) is 13.0 Å². The maximum absolute atomic E-state index is 11.3. The highest BCUT2D eigenvalue weighted by Gasteiger charge is 2.33. The number of hydrogen-bond acceptors (Lipinski definition) is 1. The minimum absolute atomic E-state index is 0.428. The number of para-hydroxylation sites is 1. The van der Waals surface area contributed by atoms with Crippen LogP contribution in [0.4, 0.5) is 0 Å². The van der Waals surface area contributed by atoms with Crippen molar-refractivity contribution in [2.75, 3.05) is 0 Å². The van der Waals surface area contributed by atoms with Gasteiger partial charge in [0, 0.05) is 34.2 Å². The molecule has 2 nitrogen and oxygen atoms in total. The molecule has 2 aliphatic carbocycles. The Balaban J connectivity index is 1.65. The lowest BCUT2D eigenvalue weighted by atomic mass is 9.73. The van der Waals surface area contributed by atoms with E-state index in [1.54, 1.807) is 0 Å². The molecule has 1 heterocycles. The van der Waals surface area contributed by atoms with Gasteiger partial charge in [0.2, 0.25) is 0 Å². The first-order valence-electron chi connectivity index (χ1n) is 12.0. The monoisotopic (exact) mass is 417 g/mol. The first-order valence-corrected chi connectivity index (χ1v) is 12.0. The number of phenols is 1. The van der Waals surface area contributed by atoms with Crippen molar-refractivity contribution in [3.63, 3.8) is 0 Å². The van der Waals surface area contributed by atoms with Crippen LogP contribution in [0.5, 0.6) is 5.75 Å². The molecule has 0 radical (unpaired) electrons. The molecule has 0 amide bonds. The predicted molar refractivity (Wildman–Crippen MR) is 133 cm³/mol. The van der Waals surface area contributed by atoms with Gasteiger partial charge < -0.3 is 9.67 Å². The molecule has 7 rings (SSSR count). The van der Waals surface area contributed by atoms with Gasteiger partial charge in [0.1, 0.15) is 5.75 Å². The van der Waals surface area contributed by atoms with Gasteiger partial charge in [-0.25, -0.2) is 0 Å². The second-order valence-corrected chi connectivity index (χ2v) is 9.86. The Morgan fingerprint density at radius 1 is 0.781 bits per heavy atom. The summed E-state index contributed by atoms with van der Waals surface area (Å²) in [6.45, 7) is 0. The van der Waals surface area contributed by atoms with Crippen molar-refractivity contribution in [3.05, 3.63) is 77.9 Å². The Labute approximate surface area is 188 Å².